The smallest absolute Gasteiger partial charge is 0.141 e. The first-order chi connectivity index (χ1) is 18.6. The van der Waals surface area contributed by atoms with Crippen LogP contribution in [0, 0.1) is 0 Å². The number of aliphatic imine (C=N–C) groups is 1. The fourth-order valence-corrected chi connectivity index (χ4v) is 6.57. The molecule has 1 aliphatic carbocycles. The Labute approximate surface area is 222 Å². The average Bonchev–Trinajstić information content (AvgIpc) is 3.40. The molecule has 0 fully saturated rings. The number of benzene rings is 5. The monoisotopic (exact) mass is 489 g/mol. The number of nitrogens with one attached hydrogen (secondary N) is 1. The van der Waals surface area contributed by atoms with E-state index in [1.807, 2.05) is 0 Å². The van der Waals surface area contributed by atoms with Crippen LogP contribution in [0.2, 0.25) is 0 Å². The highest BCUT2D eigenvalue weighted by Crippen LogP contribution is 2.51. The molecule has 38 heavy (non-hydrogen) atoms. The van der Waals surface area contributed by atoms with Crippen LogP contribution < -0.4 is 5.32 Å². The molecule has 3 nitrogen and oxygen atoms in total. The topological polar surface area (TPSA) is 29.3 Å². The van der Waals surface area contributed by atoms with E-state index >= 15 is 0 Å². The molecule has 6 aromatic rings. The number of rotatable bonds is 1. The normalized spacial score (nSPS) is 17.0. The molecule has 2 heterocycles. The van der Waals surface area contributed by atoms with Gasteiger partial charge >= 0.3 is 0 Å². The van der Waals surface area contributed by atoms with Crippen LogP contribution in [0.3, 0.4) is 0 Å². The molecule has 1 N–H and O–H groups in total. The average molecular weight is 490 g/mol. The van der Waals surface area contributed by atoms with Crippen molar-refractivity contribution in [1.82, 2.24) is 4.57 Å². The van der Waals surface area contributed by atoms with Gasteiger partial charge < -0.3 is 5.32 Å². The maximum atomic E-state index is 5.33. The zero-order valence-electron chi connectivity index (χ0n) is 21.4. The van der Waals surface area contributed by atoms with E-state index in [2.05, 4.69) is 139 Å². The summed E-state index contributed by atoms with van der Waals surface area (Å²) in [7, 11) is 0. The molecule has 0 bridgehead atoms. The van der Waals surface area contributed by atoms with E-state index in [1.54, 1.807) is 0 Å². The molecular formula is C35H27N3. The van der Waals surface area contributed by atoms with Gasteiger partial charge in [-0.15, -0.1) is 0 Å². The second-order valence-electron chi connectivity index (χ2n) is 10.9. The van der Waals surface area contributed by atoms with Gasteiger partial charge in [-0.25, -0.2) is 4.99 Å². The molecule has 0 saturated carbocycles. The van der Waals surface area contributed by atoms with Crippen molar-refractivity contribution in [1.29, 1.82) is 0 Å². The van der Waals surface area contributed by atoms with Crippen molar-refractivity contribution in [2.45, 2.75) is 25.3 Å². The molecule has 8 rings (SSSR count). The van der Waals surface area contributed by atoms with E-state index in [-0.39, 0.29) is 11.5 Å². The molecule has 2 aliphatic rings. The van der Waals surface area contributed by atoms with Crippen molar-refractivity contribution >= 4 is 39.0 Å². The Balaban J connectivity index is 1.48. The second kappa shape index (κ2) is 7.69. The Hall–Kier alpha value is -4.63. The lowest BCUT2D eigenvalue weighted by atomic mass is 9.82. The number of anilines is 1. The summed E-state index contributed by atoms with van der Waals surface area (Å²) in [6.07, 6.45) is 0. The Kier molecular flexibility index (Phi) is 4.34. The van der Waals surface area contributed by atoms with Crippen LogP contribution in [0.25, 0.3) is 32.9 Å². The van der Waals surface area contributed by atoms with E-state index in [9.17, 15) is 0 Å². The minimum atomic E-state index is -0.0814. The largest absolute Gasteiger partial charge is 0.370 e. The number of hydrogen-bond donors (Lipinski definition) is 1. The molecule has 3 heteroatoms. The quantitative estimate of drug-likeness (QED) is 0.246. The van der Waals surface area contributed by atoms with Gasteiger partial charge in [0, 0.05) is 16.2 Å². The van der Waals surface area contributed by atoms with Crippen LogP contribution >= 0.6 is 0 Å². The Morgan fingerprint density at radius 3 is 2.29 bits per heavy atom. The third-order valence-corrected chi connectivity index (χ3v) is 8.43. The maximum Gasteiger partial charge on any atom is 0.141 e. The Morgan fingerprint density at radius 1 is 0.658 bits per heavy atom. The van der Waals surface area contributed by atoms with E-state index in [4.69, 9.17) is 4.99 Å². The van der Waals surface area contributed by atoms with Crippen molar-refractivity contribution < 1.29 is 0 Å². The molecule has 1 aliphatic heterocycles. The van der Waals surface area contributed by atoms with Gasteiger partial charge in [-0.1, -0.05) is 98.8 Å². The lowest BCUT2D eigenvalue weighted by Gasteiger charge is -2.29. The predicted molar refractivity (Wildman–Crippen MR) is 159 cm³/mol. The Bertz CT molecular complexity index is 1920. The number of hydrogen-bond acceptors (Lipinski definition) is 2. The predicted octanol–water partition coefficient (Wildman–Crippen LogP) is 8.85. The first-order valence-corrected chi connectivity index (χ1v) is 13.3. The molecule has 1 atom stereocenters. The number of fused-ring (bicyclic) bond motifs is 7. The lowest BCUT2D eigenvalue weighted by molar-refractivity contribution is 0.661. The molecular weight excluding hydrogens is 462 g/mol. The van der Waals surface area contributed by atoms with Crippen molar-refractivity contribution in [3.8, 4) is 11.1 Å². The van der Waals surface area contributed by atoms with Crippen LogP contribution in [0.5, 0.6) is 0 Å². The van der Waals surface area contributed by atoms with Gasteiger partial charge in [0.15, 0.2) is 0 Å². The minimum Gasteiger partial charge on any atom is -0.370 e. The SMILES string of the molecule is CC1(C)c2ccccc2-c2cc3c(cc21)c1ccccc1n3C1=Nc2ccccc2NC1c1ccccc1. The van der Waals surface area contributed by atoms with Gasteiger partial charge in [0.2, 0.25) is 0 Å². The third kappa shape index (κ3) is 2.87. The highest BCUT2D eigenvalue weighted by molar-refractivity contribution is 6.17. The van der Waals surface area contributed by atoms with Crippen LogP contribution in [0.4, 0.5) is 11.4 Å². The fourth-order valence-electron chi connectivity index (χ4n) is 6.57. The zero-order valence-corrected chi connectivity index (χ0v) is 21.4. The van der Waals surface area contributed by atoms with Gasteiger partial charge in [0.25, 0.3) is 0 Å². The van der Waals surface area contributed by atoms with Gasteiger partial charge in [0.1, 0.15) is 11.9 Å². The third-order valence-electron chi connectivity index (χ3n) is 8.43. The standard InChI is InChI=1S/C35H27N3/c1-35(2)27-16-8-6-14-23(27)25-21-32-26(20-28(25)35)24-15-7-11-19-31(24)38(32)34-33(22-12-4-3-5-13-22)36-29-17-9-10-18-30(29)37-34/h3-21,33,36H,1-2H3. The van der Waals surface area contributed by atoms with Gasteiger partial charge in [-0.2, -0.15) is 0 Å². The number of nitrogens with zero attached hydrogens (tertiary/aromatic N) is 2. The van der Waals surface area contributed by atoms with E-state index in [1.165, 1.54) is 49.6 Å². The van der Waals surface area contributed by atoms with E-state index in [0.29, 0.717) is 0 Å². The van der Waals surface area contributed by atoms with Gasteiger partial charge in [-0.05, 0) is 58.1 Å². The fraction of sp³-hybridized carbons (Fsp3) is 0.114. The summed E-state index contributed by atoms with van der Waals surface area (Å²) >= 11 is 0. The van der Waals surface area contributed by atoms with Crippen molar-refractivity contribution in [2.24, 2.45) is 4.99 Å². The van der Waals surface area contributed by atoms with Crippen LogP contribution in [-0.2, 0) is 5.41 Å². The molecule has 0 amide bonds. The molecule has 0 spiro atoms. The Morgan fingerprint density at radius 2 is 1.39 bits per heavy atom. The molecule has 1 aromatic heterocycles. The molecule has 182 valence electrons. The highest BCUT2D eigenvalue weighted by Gasteiger charge is 2.36. The molecule has 0 radical (unpaired) electrons. The first kappa shape index (κ1) is 21.5. The summed E-state index contributed by atoms with van der Waals surface area (Å²) in [5, 5.41) is 6.34. The van der Waals surface area contributed by atoms with Crippen LogP contribution in [0.15, 0.2) is 120 Å². The van der Waals surface area contributed by atoms with Gasteiger partial charge in [0.05, 0.1) is 22.4 Å². The molecule has 5 aromatic carbocycles. The summed E-state index contributed by atoms with van der Waals surface area (Å²) < 4.78 is 2.39. The van der Waals surface area contributed by atoms with Gasteiger partial charge in [-0.3, -0.25) is 4.57 Å². The van der Waals surface area contributed by atoms with E-state index < -0.39 is 0 Å². The first-order valence-electron chi connectivity index (χ1n) is 13.3. The molecule has 0 saturated heterocycles. The summed E-state index contributed by atoms with van der Waals surface area (Å²) in [4.78, 5) is 5.33. The number of aromatic nitrogens is 1. The highest BCUT2D eigenvalue weighted by atomic mass is 15.2. The zero-order chi connectivity index (χ0) is 25.4. The van der Waals surface area contributed by atoms with E-state index in [0.717, 1.165) is 17.2 Å². The summed E-state index contributed by atoms with van der Waals surface area (Å²) in [5.74, 6) is 0.992. The summed E-state index contributed by atoms with van der Waals surface area (Å²) in [6, 6.07) is 41.4. The number of para-hydroxylation sites is 3. The van der Waals surface area contributed by atoms with Crippen molar-refractivity contribution in [3.05, 3.63) is 132 Å². The van der Waals surface area contributed by atoms with Crippen LogP contribution in [-0.4, -0.2) is 10.4 Å². The lowest BCUT2D eigenvalue weighted by Crippen LogP contribution is -2.29. The summed E-state index contributed by atoms with van der Waals surface area (Å²) in [6.45, 7) is 4.69. The van der Waals surface area contributed by atoms with Crippen molar-refractivity contribution in [2.75, 3.05) is 5.32 Å². The minimum absolute atomic E-state index is 0.0429. The van der Waals surface area contributed by atoms with Crippen LogP contribution in [0.1, 0.15) is 36.6 Å². The van der Waals surface area contributed by atoms with Crippen molar-refractivity contribution in [3.63, 3.8) is 0 Å². The summed E-state index contributed by atoms with van der Waals surface area (Å²) in [5.41, 5.74) is 11.0. The second-order valence-corrected chi connectivity index (χ2v) is 10.9. The molecule has 1 unspecified atom stereocenters. The maximum absolute atomic E-state index is 5.33.